The monoisotopic (exact) mass is 432 g/mol. The topological polar surface area (TPSA) is 121 Å². The van der Waals surface area contributed by atoms with Crippen molar-refractivity contribution in [1.82, 2.24) is 4.90 Å². The first-order valence-electron chi connectivity index (χ1n) is 9.12. The lowest BCUT2D eigenvalue weighted by Crippen LogP contribution is -2.51. The van der Waals surface area contributed by atoms with Crippen molar-refractivity contribution in [1.29, 1.82) is 0 Å². The van der Waals surface area contributed by atoms with Crippen LogP contribution in [0.5, 0.6) is 5.75 Å². The molecule has 0 aliphatic heterocycles. The molecule has 0 unspecified atom stereocenters. The van der Waals surface area contributed by atoms with Gasteiger partial charge in [0.2, 0.25) is 5.91 Å². The van der Waals surface area contributed by atoms with Crippen LogP contribution in [0.1, 0.15) is 44.1 Å². The number of alkyl halides is 2. The summed E-state index contributed by atoms with van der Waals surface area (Å²) in [5.41, 5.74) is 5.97. The van der Waals surface area contributed by atoms with Gasteiger partial charge in [-0.15, -0.1) is 0 Å². The molecular weight excluding hydrogens is 407 g/mol. The number of amides is 2. The number of halogens is 2. The molecule has 1 aromatic rings. The van der Waals surface area contributed by atoms with E-state index < -0.39 is 28.7 Å². The molecule has 0 fully saturated rings. The van der Waals surface area contributed by atoms with E-state index in [0.29, 0.717) is 23.4 Å². The predicted molar refractivity (Wildman–Crippen MR) is 107 cm³/mol. The van der Waals surface area contributed by atoms with E-state index in [1.54, 1.807) is 0 Å². The highest BCUT2D eigenvalue weighted by Gasteiger charge is 2.36. The molecule has 28 heavy (non-hydrogen) atoms. The van der Waals surface area contributed by atoms with Crippen LogP contribution in [0.15, 0.2) is 24.3 Å². The summed E-state index contributed by atoms with van der Waals surface area (Å²) in [5, 5.41) is 19.0. The van der Waals surface area contributed by atoms with Crippen molar-refractivity contribution in [2.24, 2.45) is 5.73 Å². The van der Waals surface area contributed by atoms with Gasteiger partial charge in [-0.1, -0.05) is 54.6 Å². The van der Waals surface area contributed by atoms with Crippen molar-refractivity contribution >= 4 is 41.0 Å². The number of nitrogens with zero attached hydrogens (tertiary/aromatic N) is 1. The number of nitrogens with two attached hydrogens (primary N) is 1. The maximum atomic E-state index is 12.6. The average Bonchev–Trinajstić information content (AvgIpc) is 2.65. The second-order valence-corrected chi connectivity index (χ2v) is 7.53. The van der Waals surface area contributed by atoms with Crippen molar-refractivity contribution in [2.75, 3.05) is 6.54 Å². The van der Waals surface area contributed by atoms with E-state index in [4.69, 9.17) is 28.9 Å². The van der Waals surface area contributed by atoms with Gasteiger partial charge in [-0.05, 0) is 37.1 Å². The highest BCUT2D eigenvalue weighted by atomic mass is 35.5. The molecule has 0 bridgehead atoms. The molecule has 9 heteroatoms. The lowest BCUT2D eigenvalue weighted by Gasteiger charge is -2.28. The summed E-state index contributed by atoms with van der Waals surface area (Å²) < 4.78 is 0. The van der Waals surface area contributed by atoms with Crippen LogP contribution in [-0.2, 0) is 20.8 Å². The molecule has 2 amide bonds. The highest BCUT2D eigenvalue weighted by molar-refractivity contribution is 6.54. The van der Waals surface area contributed by atoms with Crippen LogP contribution in [0.3, 0.4) is 0 Å². The number of carbonyl (C=O) groups is 3. The van der Waals surface area contributed by atoms with E-state index in [0.717, 1.165) is 25.7 Å². The fraction of sp³-hybridized carbons (Fsp3) is 0.526. The number of rotatable bonds is 12. The van der Waals surface area contributed by atoms with Crippen molar-refractivity contribution in [3.63, 3.8) is 0 Å². The first-order valence-corrected chi connectivity index (χ1v) is 10.00. The second kappa shape index (κ2) is 12.6. The molecule has 0 radical (unpaired) electrons. The zero-order valence-corrected chi connectivity index (χ0v) is 17.0. The van der Waals surface area contributed by atoms with Gasteiger partial charge < -0.3 is 15.9 Å². The molecule has 0 aromatic heterocycles. The third kappa shape index (κ3) is 8.04. The molecule has 0 saturated heterocycles. The van der Waals surface area contributed by atoms with Gasteiger partial charge in [-0.3, -0.25) is 14.5 Å². The number of phenolic OH excluding ortho intramolecular Hbond substituents is 1. The first kappa shape index (κ1) is 24.2. The SMILES string of the molecule is NCCCCCCCC(=O)N(C(=O)C(Cl)Cl)[C@@H](Cc1ccc(O)cc1)C(=O)O. The summed E-state index contributed by atoms with van der Waals surface area (Å²) in [7, 11) is 0. The fourth-order valence-corrected chi connectivity index (χ4v) is 2.98. The predicted octanol–water partition coefficient (Wildman–Crippen LogP) is 2.85. The standard InChI is InChI=1S/C19H26Cl2N2O5/c20-17(21)18(26)23(16(25)6-4-2-1-3-5-11-22)15(19(27)28)12-13-7-9-14(24)10-8-13/h7-10,15,17,24H,1-6,11-12,22H2,(H,27,28)/t15-/m0/s1. The molecule has 0 aliphatic rings. The number of aromatic hydroxyl groups is 1. The molecule has 7 nitrogen and oxygen atoms in total. The van der Waals surface area contributed by atoms with Gasteiger partial charge in [0, 0.05) is 12.8 Å². The Hall–Kier alpha value is -1.83. The summed E-state index contributed by atoms with van der Waals surface area (Å²) >= 11 is 11.3. The zero-order valence-electron chi connectivity index (χ0n) is 15.5. The van der Waals surface area contributed by atoms with E-state index in [1.165, 1.54) is 24.3 Å². The van der Waals surface area contributed by atoms with Crippen molar-refractivity contribution in [3.05, 3.63) is 29.8 Å². The zero-order chi connectivity index (χ0) is 21.1. The molecule has 0 spiro atoms. The number of unbranched alkanes of at least 4 members (excludes halogenated alkanes) is 4. The molecule has 4 N–H and O–H groups in total. The maximum Gasteiger partial charge on any atom is 0.327 e. The van der Waals surface area contributed by atoms with Crippen LogP contribution in [0.25, 0.3) is 0 Å². The number of benzene rings is 1. The van der Waals surface area contributed by atoms with E-state index in [1.807, 2.05) is 0 Å². The number of hydrogen-bond acceptors (Lipinski definition) is 5. The first-order chi connectivity index (χ1) is 13.3. The molecular formula is C19H26Cl2N2O5. The number of aliphatic carboxylic acids is 1. The van der Waals surface area contributed by atoms with Crippen LogP contribution in [-0.4, -0.2) is 50.3 Å². The largest absolute Gasteiger partial charge is 0.508 e. The molecule has 1 aromatic carbocycles. The van der Waals surface area contributed by atoms with Gasteiger partial charge >= 0.3 is 5.97 Å². The summed E-state index contributed by atoms with van der Waals surface area (Å²) in [6, 6.07) is 4.40. The number of carbonyl (C=O) groups excluding carboxylic acids is 2. The van der Waals surface area contributed by atoms with Crippen molar-refractivity contribution in [3.8, 4) is 5.75 Å². The summed E-state index contributed by atoms with van der Waals surface area (Å²) in [5.74, 6) is -2.90. The van der Waals surface area contributed by atoms with Gasteiger partial charge in [-0.25, -0.2) is 4.79 Å². The third-order valence-electron chi connectivity index (χ3n) is 4.25. The van der Waals surface area contributed by atoms with Crippen molar-refractivity contribution in [2.45, 2.75) is 55.8 Å². The Balaban J connectivity index is 2.88. The van der Waals surface area contributed by atoms with Gasteiger partial charge in [0.1, 0.15) is 11.8 Å². The summed E-state index contributed by atoms with van der Waals surface area (Å²) in [6.45, 7) is 0.617. The van der Waals surface area contributed by atoms with Crippen LogP contribution in [0, 0.1) is 0 Å². The average molecular weight is 433 g/mol. The highest BCUT2D eigenvalue weighted by Crippen LogP contribution is 2.19. The van der Waals surface area contributed by atoms with Crippen LogP contribution in [0.4, 0.5) is 0 Å². The van der Waals surface area contributed by atoms with E-state index >= 15 is 0 Å². The molecule has 1 atom stereocenters. The summed E-state index contributed by atoms with van der Waals surface area (Å²) in [6.07, 6.45) is 3.96. The van der Waals surface area contributed by atoms with Gasteiger partial charge in [0.05, 0.1) is 0 Å². The maximum absolute atomic E-state index is 12.6. The minimum Gasteiger partial charge on any atom is -0.508 e. The van der Waals surface area contributed by atoms with E-state index in [2.05, 4.69) is 0 Å². The Kier molecular flexibility index (Phi) is 10.9. The Morgan fingerprint density at radius 1 is 1.00 bits per heavy atom. The number of phenols is 1. The van der Waals surface area contributed by atoms with Crippen LogP contribution < -0.4 is 5.73 Å². The van der Waals surface area contributed by atoms with E-state index in [9.17, 15) is 24.6 Å². The number of carboxylic acids is 1. The number of imide groups is 1. The lowest BCUT2D eigenvalue weighted by molar-refractivity contribution is -0.157. The van der Waals surface area contributed by atoms with Gasteiger partial charge in [0.25, 0.3) is 5.91 Å². The van der Waals surface area contributed by atoms with Crippen molar-refractivity contribution < 1.29 is 24.6 Å². The second-order valence-electron chi connectivity index (χ2n) is 6.43. The normalized spacial score (nSPS) is 12.0. The van der Waals surface area contributed by atoms with E-state index in [-0.39, 0.29) is 18.6 Å². The van der Waals surface area contributed by atoms with Crippen LogP contribution >= 0.6 is 23.2 Å². The molecule has 0 aliphatic carbocycles. The Bertz CT molecular complexity index is 652. The van der Waals surface area contributed by atoms with Crippen LogP contribution in [0.2, 0.25) is 0 Å². The number of hydrogen-bond donors (Lipinski definition) is 3. The molecule has 1 rings (SSSR count). The van der Waals surface area contributed by atoms with Gasteiger partial charge in [-0.2, -0.15) is 0 Å². The Morgan fingerprint density at radius 3 is 2.11 bits per heavy atom. The Morgan fingerprint density at radius 2 is 1.57 bits per heavy atom. The fourth-order valence-electron chi connectivity index (χ4n) is 2.77. The smallest absolute Gasteiger partial charge is 0.327 e. The lowest BCUT2D eigenvalue weighted by atomic mass is 10.0. The summed E-state index contributed by atoms with van der Waals surface area (Å²) in [4.78, 5) is 35.9. The minimum atomic E-state index is -1.55. The molecule has 0 heterocycles. The quantitative estimate of drug-likeness (QED) is 0.344. The molecule has 156 valence electrons. The minimum absolute atomic E-state index is 0.0220. The Labute approximate surface area is 174 Å². The molecule has 0 saturated carbocycles. The third-order valence-corrected chi connectivity index (χ3v) is 4.62. The number of carboxylic acid groups (broad SMARTS) is 1. The van der Waals surface area contributed by atoms with Gasteiger partial charge in [0.15, 0.2) is 4.84 Å².